The molecule has 16 heavy (non-hydrogen) atoms. The van der Waals surface area contributed by atoms with Gasteiger partial charge < -0.3 is 0 Å². The summed E-state index contributed by atoms with van der Waals surface area (Å²) >= 11 is 0. The molecular formula is C9H14O5S2. The van der Waals surface area contributed by atoms with Gasteiger partial charge in [0, 0.05) is 12.5 Å². The van der Waals surface area contributed by atoms with Crippen molar-refractivity contribution in [3.8, 4) is 0 Å². The van der Waals surface area contributed by atoms with Crippen LogP contribution in [-0.2, 0) is 24.5 Å². The highest BCUT2D eigenvalue weighted by molar-refractivity contribution is 7.95. The van der Waals surface area contributed by atoms with Gasteiger partial charge in [0.05, 0.1) is 0 Å². The highest BCUT2D eigenvalue weighted by Crippen LogP contribution is 2.55. The summed E-state index contributed by atoms with van der Waals surface area (Å²) in [5, 5.41) is 0. The van der Waals surface area contributed by atoms with Crippen molar-refractivity contribution < 1.29 is 21.6 Å². The number of hydrogen-bond donors (Lipinski definition) is 0. The average Bonchev–Trinajstić information content (AvgIpc) is 2.96. The molecule has 0 aromatic rings. The fourth-order valence-corrected chi connectivity index (χ4v) is 4.99. The second-order valence-electron chi connectivity index (χ2n) is 4.86. The summed E-state index contributed by atoms with van der Waals surface area (Å²) in [4.78, 5) is 12.1. The lowest BCUT2D eigenvalue weighted by Gasteiger charge is -2.18. The molecule has 0 atom stereocenters. The molecule has 0 aromatic carbocycles. The van der Waals surface area contributed by atoms with Gasteiger partial charge in [-0.1, -0.05) is 0 Å². The maximum Gasteiger partial charge on any atom is 0.175 e. The first-order valence-corrected chi connectivity index (χ1v) is 8.79. The van der Waals surface area contributed by atoms with Crippen molar-refractivity contribution in [2.75, 3.05) is 12.5 Å². The average molecular weight is 266 g/mol. The molecule has 2 fully saturated rings. The van der Waals surface area contributed by atoms with Gasteiger partial charge in [0.25, 0.3) is 0 Å². The standard InChI is InChI=1S/C9H14O5S2/c1-15(11,12)8(3-4-8)7(10)9(5-6-9)16(2,13)14/h3-6H2,1-2H3. The topological polar surface area (TPSA) is 85.3 Å². The molecule has 0 aromatic heterocycles. The Hall–Kier alpha value is -0.430. The first-order chi connectivity index (χ1) is 7.07. The van der Waals surface area contributed by atoms with Crippen LogP contribution in [0.15, 0.2) is 0 Å². The lowest BCUT2D eigenvalue weighted by molar-refractivity contribution is -0.119. The Balaban J connectivity index is 2.44. The number of ketones is 1. The third-order valence-corrected chi connectivity index (χ3v) is 7.68. The zero-order chi connectivity index (χ0) is 12.4. The molecule has 0 amide bonds. The molecule has 0 unspecified atom stereocenters. The number of rotatable bonds is 4. The highest BCUT2D eigenvalue weighted by Gasteiger charge is 2.70. The minimum absolute atomic E-state index is 0.266. The van der Waals surface area contributed by atoms with E-state index in [2.05, 4.69) is 0 Å². The van der Waals surface area contributed by atoms with Crippen LogP contribution in [0.2, 0.25) is 0 Å². The SMILES string of the molecule is CS(=O)(=O)C1(C(=O)C2(S(C)(=O)=O)CC2)CC1. The van der Waals surface area contributed by atoms with Crippen molar-refractivity contribution >= 4 is 25.5 Å². The Morgan fingerprint density at radius 3 is 1.19 bits per heavy atom. The number of hydrogen-bond acceptors (Lipinski definition) is 5. The summed E-state index contributed by atoms with van der Waals surface area (Å²) in [7, 11) is -7.02. The summed E-state index contributed by atoms with van der Waals surface area (Å²) < 4.78 is 43.4. The van der Waals surface area contributed by atoms with Gasteiger partial charge in [-0.15, -0.1) is 0 Å². The van der Waals surface area contributed by atoms with Crippen molar-refractivity contribution in [2.45, 2.75) is 35.2 Å². The van der Waals surface area contributed by atoms with Gasteiger partial charge in [-0.3, -0.25) is 4.79 Å². The first-order valence-electron chi connectivity index (χ1n) is 5.01. The first kappa shape index (κ1) is 12.0. The van der Waals surface area contributed by atoms with Gasteiger partial charge in [0.15, 0.2) is 25.5 Å². The maximum atomic E-state index is 12.1. The van der Waals surface area contributed by atoms with E-state index in [0.717, 1.165) is 12.5 Å². The molecule has 0 spiro atoms. The van der Waals surface area contributed by atoms with Gasteiger partial charge in [0.2, 0.25) is 0 Å². The third-order valence-electron chi connectivity index (χ3n) is 3.66. The van der Waals surface area contributed by atoms with Crippen molar-refractivity contribution in [3.63, 3.8) is 0 Å². The van der Waals surface area contributed by atoms with Crippen LogP contribution < -0.4 is 0 Å². The molecule has 0 bridgehead atoms. The molecule has 92 valence electrons. The molecule has 5 nitrogen and oxygen atoms in total. The van der Waals surface area contributed by atoms with Crippen molar-refractivity contribution in [1.82, 2.24) is 0 Å². The normalized spacial score (nSPS) is 26.1. The smallest absolute Gasteiger partial charge is 0.175 e. The Morgan fingerprint density at radius 2 is 1.06 bits per heavy atom. The molecule has 2 rings (SSSR count). The summed E-state index contributed by atoms with van der Waals surface area (Å²) in [5.74, 6) is -0.593. The molecule has 2 aliphatic carbocycles. The van der Waals surface area contributed by atoms with Crippen LogP contribution in [0.25, 0.3) is 0 Å². The fraction of sp³-hybridized carbons (Fsp3) is 0.889. The quantitative estimate of drug-likeness (QED) is 0.698. The summed E-state index contributed by atoms with van der Waals surface area (Å²) in [5.41, 5.74) is 0. The lowest BCUT2D eigenvalue weighted by atomic mass is 10.1. The zero-order valence-corrected chi connectivity index (χ0v) is 10.8. The van der Waals surface area contributed by atoms with Crippen LogP contribution >= 0.6 is 0 Å². The van der Waals surface area contributed by atoms with Gasteiger partial charge in [-0.2, -0.15) is 0 Å². The molecule has 0 heterocycles. The Morgan fingerprint density at radius 1 is 0.812 bits per heavy atom. The summed E-state index contributed by atoms with van der Waals surface area (Å²) in [6.07, 6.45) is 3.08. The number of carbonyl (C=O) groups is 1. The van der Waals surface area contributed by atoms with E-state index in [1.165, 1.54) is 0 Å². The van der Waals surface area contributed by atoms with Crippen molar-refractivity contribution in [2.24, 2.45) is 0 Å². The number of Topliss-reactive ketones (excluding diaryl/α,β-unsaturated/α-hetero) is 1. The largest absolute Gasteiger partial charge is 0.296 e. The molecule has 0 N–H and O–H groups in total. The van der Waals surface area contributed by atoms with E-state index in [9.17, 15) is 21.6 Å². The third kappa shape index (κ3) is 1.37. The lowest BCUT2D eigenvalue weighted by Crippen LogP contribution is -2.44. The van der Waals surface area contributed by atoms with E-state index < -0.39 is 35.0 Å². The molecule has 0 aliphatic heterocycles. The number of sulfone groups is 2. The molecular weight excluding hydrogens is 252 g/mol. The fourth-order valence-electron chi connectivity index (χ4n) is 2.17. The van der Waals surface area contributed by atoms with Gasteiger partial charge in [0.1, 0.15) is 9.49 Å². The van der Waals surface area contributed by atoms with Crippen molar-refractivity contribution in [3.05, 3.63) is 0 Å². The minimum Gasteiger partial charge on any atom is -0.296 e. The zero-order valence-electron chi connectivity index (χ0n) is 9.19. The summed E-state index contributed by atoms with van der Waals surface area (Å²) in [6.45, 7) is 0. The van der Waals surface area contributed by atoms with Gasteiger partial charge in [-0.05, 0) is 25.7 Å². The number of carbonyl (C=O) groups excluding carboxylic acids is 1. The minimum atomic E-state index is -3.51. The molecule has 0 radical (unpaired) electrons. The molecule has 2 saturated carbocycles. The van der Waals surface area contributed by atoms with E-state index >= 15 is 0 Å². The molecule has 0 saturated heterocycles. The van der Waals surface area contributed by atoms with Crippen LogP contribution in [0, 0.1) is 0 Å². The predicted octanol–water partition coefficient (Wildman–Crippen LogP) is -0.290. The summed E-state index contributed by atoms with van der Waals surface area (Å²) in [6, 6.07) is 0. The van der Waals surface area contributed by atoms with E-state index in [0.29, 0.717) is 0 Å². The maximum absolute atomic E-state index is 12.1. The van der Waals surface area contributed by atoms with Gasteiger partial charge in [-0.25, -0.2) is 16.8 Å². The van der Waals surface area contributed by atoms with Crippen LogP contribution in [-0.4, -0.2) is 44.6 Å². The van der Waals surface area contributed by atoms with Crippen LogP contribution in [0.5, 0.6) is 0 Å². The molecule has 7 heteroatoms. The monoisotopic (exact) mass is 266 g/mol. The molecule has 2 aliphatic rings. The van der Waals surface area contributed by atoms with E-state index in [-0.39, 0.29) is 25.7 Å². The second kappa shape index (κ2) is 2.87. The Bertz CT molecular complexity index is 497. The van der Waals surface area contributed by atoms with Crippen molar-refractivity contribution in [1.29, 1.82) is 0 Å². The Kier molecular flexibility index (Phi) is 2.16. The van der Waals surface area contributed by atoms with Crippen LogP contribution in [0.1, 0.15) is 25.7 Å². The van der Waals surface area contributed by atoms with E-state index in [4.69, 9.17) is 0 Å². The highest BCUT2D eigenvalue weighted by atomic mass is 32.2. The van der Waals surface area contributed by atoms with E-state index in [1.54, 1.807) is 0 Å². The van der Waals surface area contributed by atoms with E-state index in [1.807, 2.05) is 0 Å². The van der Waals surface area contributed by atoms with Crippen LogP contribution in [0.3, 0.4) is 0 Å². The Labute approximate surface area is 95.1 Å². The van der Waals surface area contributed by atoms with Crippen LogP contribution in [0.4, 0.5) is 0 Å². The second-order valence-corrected chi connectivity index (χ2v) is 9.51. The predicted molar refractivity (Wildman–Crippen MR) is 58.6 cm³/mol. The van der Waals surface area contributed by atoms with Gasteiger partial charge >= 0.3 is 0 Å².